The third-order valence-electron chi connectivity index (χ3n) is 4.81. The van der Waals surface area contributed by atoms with Crippen molar-refractivity contribution in [2.45, 2.75) is 13.8 Å². The highest BCUT2D eigenvalue weighted by molar-refractivity contribution is 7.80. The first kappa shape index (κ1) is 18.8. The zero-order valence-electron chi connectivity index (χ0n) is 15.9. The van der Waals surface area contributed by atoms with E-state index in [9.17, 15) is 9.59 Å². The second-order valence-corrected chi connectivity index (χ2v) is 7.05. The number of nitrogens with one attached hydrogen (secondary N) is 1. The number of hydrogen-bond acceptors (Lipinski definition) is 4. The first-order chi connectivity index (χ1) is 14.0. The van der Waals surface area contributed by atoms with Crippen LogP contribution in [0.1, 0.15) is 17.0 Å². The number of aryl methyl sites for hydroxylation is 1. The molecule has 1 N–H and O–H groups in total. The zero-order valence-corrected chi connectivity index (χ0v) is 16.7. The SMILES string of the molecule is Cc1cc(C=C2C(=O)NC(=S)N(c3ccccc3)C2=O)c(C)n1-c1ccncc1. The third kappa shape index (κ3) is 3.36. The lowest BCUT2D eigenvalue weighted by Crippen LogP contribution is -2.54. The first-order valence-electron chi connectivity index (χ1n) is 9.03. The van der Waals surface area contributed by atoms with Crippen LogP contribution in [0.3, 0.4) is 0 Å². The van der Waals surface area contributed by atoms with Crippen molar-refractivity contribution < 1.29 is 9.59 Å². The van der Waals surface area contributed by atoms with Crippen LogP contribution >= 0.6 is 12.2 Å². The number of para-hydroxylation sites is 1. The highest BCUT2D eigenvalue weighted by Gasteiger charge is 2.34. The Morgan fingerprint density at radius 3 is 2.38 bits per heavy atom. The highest BCUT2D eigenvalue weighted by atomic mass is 32.1. The van der Waals surface area contributed by atoms with Crippen molar-refractivity contribution in [2.75, 3.05) is 4.90 Å². The first-order valence-corrected chi connectivity index (χ1v) is 9.44. The minimum absolute atomic E-state index is 0.0393. The predicted octanol–water partition coefficient (Wildman–Crippen LogP) is 3.32. The minimum Gasteiger partial charge on any atom is -0.318 e. The third-order valence-corrected chi connectivity index (χ3v) is 5.09. The summed E-state index contributed by atoms with van der Waals surface area (Å²) < 4.78 is 2.05. The number of amides is 2. The van der Waals surface area contributed by atoms with Crippen molar-refractivity contribution in [1.29, 1.82) is 0 Å². The second-order valence-electron chi connectivity index (χ2n) is 6.66. The van der Waals surface area contributed by atoms with Gasteiger partial charge in [-0.05, 0) is 68.0 Å². The Morgan fingerprint density at radius 1 is 1.00 bits per heavy atom. The molecule has 0 unspecified atom stereocenters. The Labute approximate surface area is 173 Å². The smallest absolute Gasteiger partial charge is 0.270 e. The van der Waals surface area contributed by atoms with Crippen LogP contribution in [0.15, 0.2) is 66.5 Å². The molecule has 0 atom stereocenters. The van der Waals surface area contributed by atoms with Crippen molar-refractivity contribution in [3.63, 3.8) is 0 Å². The minimum atomic E-state index is -0.499. The fraction of sp³-hybridized carbons (Fsp3) is 0.0909. The molecule has 1 aromatic carbocycles. The fourth-order valence-electron chi connectivity index (χ4n) is 3.45. The molecule has 1 aliphatic rings. The average molecular weight is 402 g/mol. The van der Waals surface area contributed by atoms with Gasteiger partial charge in [-0.25, -0.2) is 0 Å². The molecule has 29 heavy (non-hydrogen) atoms. The molecule has 7 heteroatoms. The average Bonchev–Trinajstić information content (AvgIpc) is 2.99. The number of pyridine rings is 1. The van der Waals surface area contributed by atoms with E-state index < -0.39 is 11.8 Å². The summed E-state index contributed by atoms with van der Waals surface area (Å²) in [4.78, 5) is 31.1. The molecule has 3 heterocycles. The molecule has 0 aliphatic carbocycles. The normalized spacial score (nSPS) is 15.7. The maximum Gasteiger partial charge on any atom is 0.270 e. The fourth-order valence-corrected chi connectivity index (χ4v) is 3.73. The van der Waals surface area contributed by atoms with Gasteiger partial charge < -0.3 is 4.57 Å². The number of rotatable bonds is 3. The molecule has 3 aromatic rings. The van der Waals surface area contributed by atoms with Crippen LogP contribution in [0.4, 0.5) is 5.69 Å². The van der Waals surface area contributed by atoms with Crippen LogP contribution in [0.5, 0.6) is 0 Å². The standard InChI is InChI=1S/C22H18N4O2S/c1-14-12-16(15(2)25(14)18-8-10-23-11-9-18)13-19-20(27)24-22(29)26(21(19)28)17-6-4-3-5-7-17/h3-13H,1-2H3,(H,24,27,29). The molecule has 1 fully saturated rings. The Bertz CT molecular complexity index is 1150. The molecule has 2 amide bonds. The van der Waals surface area contributed by atoms with Crippen molar-refractivity contribution in [3.05, 3.63) is 83.4 Å². The van der Waals surface area contributed by atoms with E-state index in [1.807, 2.05) is 50.2 Å². The van der Waals surface area contributed by atoms with Crippen LogP contribution in [0, 0.1) is 13.8 Å². The molecule has 0 radical (unpaired) electrons. The number of carbonyl (C=O) groups excluding carboxylic acids is 2. The number of hydrogen-bond donors (Lipinski definition) is 1. The van der Waals surface area contributed by atoms with E-state index in [0.29, 0.717) is 5.69 Å². The van der Waals surface area contributed by atoms with E-state index in [1.54, 1.807) is 30.6 Å². The summed E-state index contributed by atoms with van der Waals surface area (Å²) in [5.41, 5.74) is 4.30. The molecular formula is C22H18N4O2S. The number of carbonyl (C=O) groups is 2. The van der Waals surface area contributed by atoms with Gasteiger partial charge in [-0.15, -0.1) is 0 Å². The second kappa shape index (κ2) is 7.44. The number of thiocarbonyl (C=S) groups is 1. The van der Waals surface area contributed by atoms with Gasteiger partial charge in [-0.3, -0.25) is 24.8 Å². The van der Waals surface area contributed by atoms with Crippen molar-refractivity contribution in [2.24, 2.45) is 0 Å². The summed E-state index contributed by atoms with van der Waals surface area (Å²) >= 11 is 5.23. The number of anilines is 1. The monoisotopic (exact) mass is 402 g/mol. The summed E-state index contributed by atoms with van der Waals surface area (Å²) in [6, 6.07) is 14.8. The lowest BCUT2D eigenvalue weighted by Gasteiger charge is -2.28. The van der Waals surface area contributed by atoms with Crippen LogP contribution in [-0.4, -0.2) is 26.5 Å². The van der Waals surface area contributed by atoms with Gasteiger partial charge in [-0.2, -0.15) is 0 Å². The van der Waals surface area contributed by atoms with Gasteiger partial charge in [0.15, 0.2) is 5.11 Å². The van der Waals surface area contributed by atoms with Gasteiger partial charge in [0.2, 0.25) is 0 Å². The number of nitrogens with zero attached hydrogens (tertiary/aromatic N) is 3. The van der Waals surface area contributed by atoms with E-state index in [4.69, 9.17) is 12.2 Å². The topological polar surface area (TPSA) is 67.2 Å². The quantitative estimate of drug-likeness (QED) is 0.415. The Hall–Kier alpha value is -3.58. The van der Waals surface area contributed by atoms with Gasteiger partial charge in [0, 0.05) is 29.5 Å². The molecule has 1 aliphatic heterocycles. The molecule has 4 rings (SSSR count). The Balaban J connectivity index is 1.77. The molecule has 1 saturated heterocycles. The van der Waals surface area contributed by atoms with Gasteiger partial charge in [0.1, 0.15) is 5.57 Å². The summed E-state index contributed by atoms with van der Waals surface area (Å²) in [5, 5.41) is 2.69. The molecule has 2 aromatic heterocycles. The van der Waals surface area contributed by atoms with Crippen molar-refractivity contribution in [1.82, 2.24) is 14.9 Å². The van der Waals surface area contributed by atoms with E-state index in [0.717, 1.165) is 22.6 Å². The predicted molar refractivity (Wildman–Crippen MR) is 116 cm³/mol. The lowest BCUT2D eigenvalue weighted by atomic mass is 10.1. The van der Waals surface area contributed by atoms with Crippen LogP contribution in [0.2, 0.25) is 0 Å². The van der Waals surface area contributed by atoms with Crippen LogP contribution < -0.4 is 10.2 Å². The highest BCUT2D eigenvalue weighted by Crippen LogP contribution is 2.25. The van der Waals surface area contributed by atoms with Crippen LogP contribution in [-0.2, 0) is 9.59 Å². The molecule has 0 bridgehead atoms. The molecular weight excluding hydrogens is 384 g/mol. The van der Waals surface area contributed by atoms with Gasteiger partial charge >= 0.3 is 0 Å². The molecule has 6 nitrogen and oxygen atoms in total. The summed E-state index contributed by atoms with van der Waals surface area (Å²) in [6.07, 6.45) is 5.07. The number of aromatic nitrogens is 2. The largest absolute Gasteiger partial charge is 0.318 e. The van der Waals surface area contributed by atoms with Gasteiger partial charge in [-0.1, -0.05) is 18.2 Å². The lowest BCUT2D eigenvalue weighted by molar-refractivity contribution is -0.122. The Kier molecular flexibility index (Phi) is 4.82. The van der Waals surface area contributed by atoms with E-state index in [1.165, 1.54) is 4.90 Å². The Morgan fingerprint density at radius 2 is 1.69 bits per heavy atom. The van der Waals surface area contributed by atoms with E-state index in [2.05, 4.69) is 14.9 Å². The maximum absolute atomic E-state index is 13.1. The summed E-state index contributed by atoms with van der Waals surface area (Å²) in [7, 11) is 0. The molecule has 144 valence electrons. The van der Waals surface area contributed by atoms with Crippen molar-refractivity contribution in [3.8, 4) is 5.69 Å². The summed E-state index contributed by atoms with van der Waals surface area (Å²) in [6.45, 7) is 3.92. The number of benzene rings is 1. The summed E-state index contributed by atoms with van der Waals surface area (Å²) in [5.74, 6) is -0.945. The van der Waals surface area contributed by atoms with E-state index in [-0.39, 0.29) is 10.7 Å². The maximum atomic E-state index is 13.1. The molecule has 0 spiro atoms. The van der Waals surface area contributed by atoms with E-state index >= 15 is 0 Å². The zero-order chi connectivity index (χ0) is 20.5. The molecule has 0 saturated carbocycles. The van der Waals surface area contributed by atoms with Crippen molar-refractivity contribution >= 4 is 40.9 Å². The van der Waals surface area contributed by atoms with Crippen LogP contribution in [0.25, 0.3) is 11.8 Å². The van der Waals surface area contributed by atoms with Gasteiger partial charge in [0.05, 0.1) is 5.69 Å². The van der Waals surface area contributed by atoms with Gasteiger partial charge in [0.25, 0.3) is 11.8 Å².